The molecule has 1 aromatic carbocycles. The topological polar surface area (TPSA) is 87.2 Å². The number of carboxylic acid groups (broad SMARTS) is 1. The molecule has 0 aromatic heterocycles. The molecular formula is C17H20N2O5. The number of rotatable bonds is 4. The van der Waals surface area contributed by atoms with Crippen molar-refractivity contribution in [2.75, 3.05) is 18.0 Å². The van der Waals surface area contributed by atoms with Gasteiger partial charge in [0.1, 0.15) is 11.8 Å². The van der Waals surface area contributed by atoms with Crippen LogP contribution < -0.4 is 9.64 Å². The molecule has 1 fully saturated rings. The van der Waals surface area contributed by atoms with E-state index in [1.807, 2.05) is 6.07 Å². The third-order valence-corrected chi connectivity index (χ3v) is 4.48. The number of anilines is 1. The number of carboxylic acids is 1. The van der Waals surface area contributed by atoms with Crippen molar-refractivity contribution < 1.29 is 24.2 Å². The summed E-state index contributed by atoms with van der Waals surface area (Å²) in [6.07, 6.45) is 0.668. The molecule has 0 aliphatic carbocycles. The molecule has 128 valence electrons. The van der Waals surface area contributed by atoms with Crippen LogP contribution in [0.1, 0.15) is 26.2 Å². The van der Waals surface area contributed by atoms with Crippen molar-refractivity contribution >= 4 is 23.5 Å². The average Bonchev–Trinajstić information content (AvgIpc) is 3.05. The molecule has 1 N–H and O–H groups in total. The number of nitrogens with zero attached hydrogens (tertiary/aromatic N) is 2. The minimum Gasteiger partial charge on any atom is -0.480 e. The minimum atomic E-state index is -0.970. The van der Waals surface area contributed by atoms with Crippen molar-refractivity contribution in [3.8, 4) is 5.75 Å². The fraction of sp³-hybridized carbons (Fsp3) is 0.471. The van der Waals surface area contributed by atoms with Crippen LogP contribution in [0.15, 0.2) is 24.3 Å². The number of hydrogen-bond acceptors (Lipinski definition) is 4. The fourth-order valence-corrected chi connectivity index (χ4v) is 3.26. The lowest BCUT2D eigenvalue weighted by atomic mass is 10.1. The Morgan fingerprint density at radius 3 is 2.83 bits per heavy atom. The fourth-order valence-electron chi connectivity index (χ4n) is 3.26. The van der Waals surface area contributed by atoms with Gasteiger partial charge in [-0.05, 0) is 31.9 Å². The molecule has 7 nitrogen and oxygen atoms in total. The van der Waals surface area contributed by atoms with E-state index in [1.165, 1.54) is 4.90 Å². The van der Waals surface area contributed by atoms with Crippen molar-refractivity contribution in [1.82, 2.24) is 4.90 Å². The summed E-state index contributed by atoms with van der Waals surface area (Å²) in [7, 11) is 0. The predicted molar refractivity (Wildman–Crippen MR) is 85.9 cm³/mol. The SMILES string of the molecule is CC1Oc2ccccc2N(CCC(=O)N2CCC[C@H]2C(=O)O)C1=O. The van der Waals surface area contributed by atoms with Gasteiger partial charge in [0.05, 0.1) is 5.69 Å². The Balaban J connectivity index is 1.71. The number of amides is 2. The molecule has 3 rings (SSSR count). The summed E-state index contributed by atoms with van der Waals surface area (Å²) in [5.41, 5.74) is 0.643. The molecule has 1 aromatic rings. The second kappa shape index (κ2) is 6.51. The normalized spacial score (nSPS) is 23.0. The highest BCUT2D eigenvalue weighted by Crippen LogP contribution is 2.33. The van der Waals surface area contributed by atoms with E-state index in [0.29, 0.717) is 30.8 Å². The summed E-state index contributed by atoms with van der Waals surface area (Å²) in [4.78, 5) is 38.9. The standard InChI is InChI=1S/C17H20N2O5/c1-11-16(21)19(12-5-2-3-7-14(12)24-11)10-8-15(20)18-9-4-6-13(18)17(22)23/h2-3,5,7,11,13H,4,6,8-10H2,1H3,(H,22,23)/t11?,13-/m0/s1. The van der Waals surface area contributed by atoms with Gasteiger partial charge in [-0.15, -0.1) is 0 Å². The first-order valence-electron chi connectivity index (χ1n) is 8.08. The number of ether oxygens (including phenoxy) is 1. The van der Waals surface area contributed by atoms with Crippen LogP contribution >= 0.6 is 0 Å². The predicted octanol–water partition coefficient (Wildman–Crippen LogP) is 1.27. The van der Waals surface area contributed by atoms with Gasteiger partial charge < -0.3 is 19.6 Å². The molecule has 2 aliphatic rings. The number of hydrogen-bond donors (Lipinski definition) is 1. The highest BCUT2D eigenvalue weighted by Gasteiger charge is 2.35. The van der Waals surface area contributed by atoms with Crippen LogP contribution in [0.5, 0.6) is 5.75 Å². The van der Waals surface area contributed by atoms with Gasteiger partial charge in [0.15, 0.2) is 6.10 Å². The van der Waals surface area contributed by atoms with Crippen LogP contribution in [-0.4, -0.2) is 53.0 Å². The lowest BCUT2D eigenvalue weighted by Gasteiger charge is -2.33. The Labute approximate surface area is 139 Å². The van der Waals surface area contributed by atoms with Crippen molar-refractivity contribution in [3.05, 3.63) is 24.3 Å². The number of para-hydroxylation sites is 2. The average molecular weight is 332 g/mol. The van der Waals surface area contributed by atoms with E-state index in [2.05, 4.69) is 0 Å². The molecule has 24 heavy (non-hydrogen) atoms. The maximum absolute atomic E-state index is 12.4. The molecule has 0 spiro atoms. The number of fused-ring (bicyclic) bond motifs is 1. The zero-order valence-corrected chi connectivity index (χ0v) is 13.5. The van der Waals surface area contributed by atoms with Gasteiger partial charge in [-0.2, -0.15) is 0 Å². The van der Waals surface area contributed by atoms with E-state index in [1.54, 1.807) is 30.0 Å². The number of benzene rings is 1. The molecule has 2 heterocycles. The summed E-state index contributed by atoms with van der Waals surface area (Å²) in [5, 5.41) is 9.18. The Bertz CT molecular complexity index is 675. The highest BCUT2D eigenvalue weighted by atomic mass is 16.5. The molecule has 2 amide bonds. The van der Waals surface area contributed by atoms with E-state index >= 15 is 0 Å². The third kappa shape index (κ3) is 2.93. The smallest absolute Gasteiger partial charge is 0.326 e. The lowest BCUT2D eigenvalue weighted by molar-refractivity contribution is -0.148. The number of likely N-dealkylation sites (tertiary alicyclic amines) is 1. The summed E-state index contributed by atoms with van der Waals surface area (Å²) in [6.45, 7) is 2.35. The maximum Gasteiger partial charge on any atom is 0.326 e. The maximum atomic E-state index is 12.4. The van der Waals surface area contributed by atoms with Gasteiger partial charge in [-0.3, -0.25) is 9.59 Å². The first-order chi connectivity index (χ1) is 11.5. The van der Waals surface area contributed by atoms with Crippen LogP contribution in [0.2, 0.25) is 0 Å². The molecule has 0 radical (unpaired) electrons. The number of carbonyl (C=O) groups excluding carboxylic acids is 2. The molecular weight excluding hydrogens is 312 g/mol. The lowest BCUT2D eigenvalue weighted by Crippen LogP contribution is -2.47. The Morgan fingerprint density at radius 1 is 1.33 bits per heavy atom. The summed E-state index contributed by atoms with van der Waals surface area (Å²) in [5.74, 6) is -0.786. The first kappa shape index (κ1) is 16.3. The second-order valence-electron chi connectivity index (χ2n) is 6.05. The molecule has 0 saturated carbocycles. The Kier molecular flexibility index (Phi) is 4.42. The molecule has 7 heteroatoms. The minimum absolute atomic E-state index is 0.0938. The number of carbonyl (C=O) groups is 3. The highest BCUT2D eigenvalue weighted by molar-refractivity contribution is 6.00. The van der Waals surface area contributed by atoms with Crippen molar-refractivity contribution in [2.45, 2.75) is 38.3 Å². The van der Waals surface area contributed by atoms with Crippen LogP contribution in [-0.2, 0) is 14.4 Å². The van der Waals surface area contributed by atoms with Gasteiger partial charge in [0.2, 0.25) is 5.91 Å². The van der Waals surface area contributed by atoms with Crippen LogP contribution in [0.3, 0.4) is 0 Å². The van der Waals surface area contributed by atoms with Crippen molar-refractivity contribution in [3.63, 3.8) is 0 Å². The molecule has 2 aliphatic heterocycles. The Hall–Kier alpha value is -2.57. The molecule has 0 bridgehead atoms. The van der Waals surface area contributed by atoms with Gasteiger partial charge in [0.25, 0.3) is 5.91 Å². The van der Waals surface area contributed by atoms with E-state index in [9.17, 15) is 19.5 Å². The van der Waals surface area contributed by atoms with Gasteiger partial charge in [0, 0.05) is 19.5 Å². The van der Waals surface area contributed by atoms with E-state index in [0.717, 1.165) is 0 Å². The molecule has 1 unspecified atom stereocenters. The van der Waals surface area contributed by atoms with Gasteiger partial charge >= 0.3 is 5.97 Å². The summed E-state index contributed by atoms with van der Waals surface area (Å²) < 4.78 is 5.57. The zero-order valence-electron chi connectivity index (χ0n) is 13.5. The van der Waals surface area contributed by atoms with Crippen LogP contribution in [0.4, 0.5) is 5.69 Å². The van der Waals surface area contributed by atoms with Crippen LogP contribution in [0, 0.1) is 0 Å². The second-order valence-corrected chi connectivity index (χ2v) is 6.05. The van der Waals surface area contributed by atoms with E-state index in [4.69, 9.17) is 4.74 Å². The van der Waals surface area contributed by atoms with Crippen molar-refractivity contribution in [2.24, 2.45) is 0 Å². The quantitative estimate of drug-likeness (QED) is 0.897. The third-order valence-electron chi connectivity index (χ3n) is 4.48. The number of aliphatic carboxylic acids is 1. The van der Waals surface area contributed by atoms with Crippen LogP contribution in [0.25, 0.3) is 0 Å². The van der Waals surface area contributed by atoms with Gasteiger partial charge in [-0.25, -0.2) is 4.79 Å². The van der Waals surface area contributed by atoms with Crippen molar-refractivity contribution in [1.29, 1.82) is 0 Å². The largest absolute Gasteiger partial charge is 0.480 e. The van der Waals surface area contributed by atoms with E-state index in [-0.39, 0.29) is 24.8 Å². The zero-order chi connectivity index (χ0) is 17.3. The van der Waals surface area contributed by atoms with E-state index < -0.39 is 18.1 Å². The Morgan fingerprint density at radius 2 is 2.08 bits per heavy atom. The summed E-state index contributed by atoms with van der Waals surface area (Å²) >= 11 is 0. The van der Waals surface area contributed by atoms with Gasteiger partial charge in [-0.1, -0.05) is 12.1 Å². The monoisotopic (exact) mass is 332 g/mol. The first-order valence-corrected chi connectivity index (χ1v) is 8.08. The molecule has 1 saturated heterocycles. The molecule has 2 atom stereocenters. The summed E-state index contributed by atoms with van der Waals surface area (Å²) in [6, 6.07) is 6.45.